The van der Waals surface area contributed by atoms with E-state index in [9.17, 15) is 4.79 Å². The van der Waals surface area contributed by atoms with E-state index in [0.717, 1.165) is 12.8 Å². The van der Waals surface area contributed by atoms with Crippen LogP contribution in [-0.4, -0.2) is 12.1 Å². The van der Waals surface area contributed by atoms with Crippen LogP contribution in [0.15, 0.2) is 0 Å². The first-order valence-electron chi connectivity index (χ1n) is 6.35. The minimum atomic E-state index is 0.0848. The largest absolute Gasteiger partial charge is 0.462 e. The van der Waals surface area contributed by atoms with Crippen LogP contribution in [0.2, 0.25) is 0 Å². The first-order valence-corrected chi connectivity index (χ1v) is 6.35. The zero-order chi connectivity index (χ0) is 11.0. The molecule has 86 valence electrons. The van der Waals surface area contributed by atoms with E-state index in [2.05, 4.69) is 20.8 Å². The lowest BCUT2D eigenvalue weighted by molar-refractivity contribution is -0.172. The highest BCUT2D eigenvalue weighted by Gasteiger charge is 2.48. The molecule has 1 aliphatic heterocycles. The first-order chi connectivity index (χ1) is 7.15. The van der Waals surface area contributed by atoms with E-state index in [1.54, 1.807) is 0 Å². The molecule has 2 rings (SSSR count). The minimum Gasteiger partial charge on any atom is -0.462 e. The maximum absolute atomic E-state index is 11.9. The van der Waals surface area contributed by atoms with Gasteiger partial charge in [-0.05, 0) is 37.0 Å². The first kappa shape index (κ1) is 11.0. The molecule has 0 aromatic carbocycles. The van der Waals surface area contributed by atoms with Gasteiger partial charge in [-0.3, -0.25) is 4.79 Å². The van der Waals surface area contributed by atoms with Crippen molar-refractivity contribution < 1.29 is 9.53 Å². The van der Waals surface area contributed by atoms with Gasteiger partial charge in [0.1, 0.15) is 6.10 Å². The molecule has 0 unspecified atom stereocenters. The predicted octanol–water partition coefficient (Wildman–Crippen LogP) is 3.01. The van der Waals surface area contributed by atoms with E-state index >= 15 is 0 Å². The molecule has 1 saturated carbocycles. The summed E-state index contributed by atoms with van der Waals surface area (Å²) in [6.07, 6.45) is 4.75. The molecule has 0 spiro atoms. The van der Waals surface area contributed by atoms with Gasteiger partial charge in [0.15, 0.2) is 0 Å². The molecule has 2 heteroatoms. The monoisotopic (exact) mass is 210 g/mol. The molecule has 1 aliphatic carbocycles. The van der Waals surface area contributed by atoms with E-state index in [4.69, 9.17) is 4.74 Å². The summed E-state index contributed by atoms with van der Waals surface area (Å²) >= 11 is 0. The number of hydrogen-bond donors (Lipinski definition) is 0. The summed E-state index contributed by atoms with van der Waals surface area (Å²) in [6.45, 7) is 6.62. The van der Waals surface area contributed by atoms with E-state index < -0.39 is 0 Å². The fraction of sp³-hybridized carbons (Fsp3) is 0.923. The Balaban J connectivity index is 2.12. The van der Waals surface area contributed by atoms with Crippen LogP contribution in [0.1, 0.15) is 46.5 Å². The van der Waals surface area contributed by atoms with E-state index in [1.807, 2.05) is 0 Å². The molecule has 2 aliphatic rings. The molecule has 15 heavy (non-hydrogen) atoms. The van der Waals surface area contributed by atoms with Crippen molar-refractivity contribution >= 4 is 5.97 Å². The number of fused-ring (bicyclic) bond motifs is 1. The van der Waals surface area contributed by atoms with Crippen LogP contribution in [0, 0.1) is 23.7 Å². The van der Waals surface area contributed by atoms with Crippen molar-refractivity contribution in [3.63, 3.8) is 0 Å². The van der Waals surface area contributed by atoms with Crippen LogP contribution in [0.4, 0.5) is 0 Å². The van der Waals surface area contributed by atoms with Crippen molar-refractivity contribution in [3.05, 3.63) is 0 Å². The van der Waals surface area contributed by atoms with Crippen LogP contribution in [0.5, 0.6) is 0 Å². The maximum atomic E-state index is 11.9. The highest BCUT2D eigenvalue weighted by molar-refractivity contribution is 5.74. The summed E-state index contributed by atoms with van der Waals surface area (Å²) in [4.78, 5) is 11.9. The minimum absolute atomic E-state index is 0.0848. The molecule has 0 N–H and O–H groups in total. The van der Waals surface area contributed by atoms with Crippen LogP contribution in [0.3, 0.4) is 0 Å². The van der Waals surface area contributed by atoms with Gasteiger partial charge in [-0.2, -0.15) is 0 Å². The van der Waals surface area contributed by atoms with Gasteiger partial charge in [0.25, 0.3) is 0 Å². The molecule has 0 aromatic rings. The van der Waals surface area contributed by atoms with Crippen molar-refractivity contribution in [2.24, 2.45) is 23.7 Å². The Kier molecular flexibility index (Phi) is 3.03. The quantitative estimate of drug-likeness (QED) is 0.655. The highest BCUT2D eigenvalue weighted by atomic mass is 16.5. The summed E-state index contributed by atoms with van der Waals surface area (Å²) in [5, 5.41) is 0. The second-order valence-electron chi connectivity index (χ2n) is 5.37. The Morgan fingerprint density at radius 1 is 1.33 bits per heavy atom. The Labute approximate surface area is 92.4 Å². The van der Waals surface area contributed by atoms with Gasteiger partial charge in [0.05, 0.1) is 5.92 Å². The third-order valence-corrected chi connectivity index (χ3v) is 4.40. The van der Waals surface area contributed by atoms with Gasteiger partial charge in [0.2, 0.25) is 0 Å². The standard InChI is InChI=1S/C13H22O2/c1-4-5-11-9(3)10-7-6-8(2)12(10)13(14)15-11/h8-12H,4-7H2,1-3H3/t8-,9+,10+,11-,12+/m0/s1. The highest BCUT2D eigenvalue weighted by Crippen LogP contribution is 2.46. The zero-order valence-electron chi connectivity index (χ0n) is 10.0. The zero-order valence-corrected chi connectivity index (χ0v) is 10.0. The van der Waals surface area contributed by atoms with Crippen LogP contribution < -0.4 is 0 Å². The van der Waals surface area contributed by atoms with E-state index in [0.29, 0.717) is 17.8 Å². The molecular weight excluding hydrogens is 188 g/mol. The Morgan fingerprint density at radius 3 is 2.73 bits per heavy atom. The molecule has 1 heterocycles. The molecule has 2 nitrogen and oxygen atoms in total. The fourth-order valence-corrected chi connectivity index (χ4v) is 3.45. The Hall–Kier alpha value is -0.530. The van der Waals surface area contributed by atoms with Gasteiger partial charge in [-0.15, -0.1) is 0 Å². The number of esters is 1. The van der Waals surface area contributed by atoms with Gasteiger partial charge >= 0.3 is 5.97 Å². The third kappa shape index (κ3) is 1.79. The van der Waals surface area contributed by atoms with Crippen LogP contribution in [-0.2, 0) is 9.53 Å². The number of cyclic esters (lactones) is 1. The molecule has 5 atom stereocenters. The Morgan fingerprint density at radius 2 is 2.07 bits per heavy atom. The number of rotatable bonds is 2. The normalized spacial score (nSPS) is 45.0. The van der Waals surface area contributed by atoms with Gasteiger partial charge in [-0.25, -0.2) is 0 Å². The summed E-state index contributed by atoms with van der Waals surface area (Å²) < 4.78 is 5.58. The second-order valence-corrected chi connectivity index (χ2v) is 5.37. The van der Waals surface area contributed by atoms with Gasteiger partial charge in [-0.1, -0.05) is 27.2 Å². The van der Waals surface area contributed by atoms with Crippen molar-refractivity contribution in [2.45, 2.75) is 52.6 Å². The molecule has 0 amide bonds. The summed E-state index contributed by atoms with van der Waals surface area (Å²) in [5.74, 6) is 1.98. The molecule has 0 bridgehead atoms. The lowest BCUT2D eigenvalue weighted by Gasteiger charge is -2.38. The van der Waals surface area contributed by atoms with Crippen LogP contribution in [0.25, 0.3) is 0 Å². The smallest absolute Gasteiger partial charge is 0.309 e. The number of hydrogen-bond acceptors (Lipinski definition) is 2. The maximum Gasteiger partial charge on any atom is 0.309 e. The number of carbonyl (C=O) groups excluding carboxylic acids is 1. The molecule has 1 saturated heterocycles. The predicted molar refractivity (Wildman–Crippen MR) is 59.3 cm³/mol. The number of carbonyl (C=O) groups is 1. The van der Waals surface area contributed by atoms with Crippen molar-refractivity contribution in [2.75, 3.05) is 0 Å². The summed E-state index contributed by atoms with van der Waals surface area (Å²) in [7, 11) is 0. The average Bonchev–Trinajstić information content (AvgIpc) is 2.57. The molecule has 0 radical (unpaired) electrons. The Bertz CT molecular complexity index is 249. The molecule has 2 fully saturated rings. The summed E-state index contributed by atoms with van der Waals surface area (Å²) in [6, 6.07) is 0. The second kappa shape index (κ2) is 4.15. The van der Waals surface area contributed by atoms with Gasteiger partial charge < -0.3 is 4.74 Å². The fourth-order valence-electron chi connectivity index (χ4n) is 3.45. The lowest BCUT2D eigenvalue weighted by atomic mass is 9.76. The third-order valence-electron chi connectivity index (χ3n) is 4.40. The van der Waals surface area contributed by atoms with Crippen LogP contribution >= 0.6 is 0 Å². The van der Waals surface area contributed by atoms with Crippen molar-refractivity contribution in [3.8, 4) is 0 Å². The topological polar surface area (TPSA) is 26.3 Å². The molecule has 0 aromatic heterocycles. The summed E-state index contributed by atoms with van der Waals surface area (Å²) in [5.41, 5.74) is 0. The van der Waals surface area contributed by atoms with Crippen molar-refractivity contribution in [1.82, 2.24) is 0 Å². The van der Waals surface area contributed by atoms with Crippen molar-refractivity contribution in [1.29, 1.82) is 0 Å². The van der Waals surface area contributed by atoms with E-state index in [1.165, 1.54) is 12.8 Å². The average molecular weight is 210 g/mol. The van der Waals surface area contributed by atoms with E-state index in [-0.39, 0.29) is 18.0 Å². The lowest BCUT2D eigenvalue weighted by Crippen LogP contribution is -2.43. The van der Waals surface area contributed by atoms with Gasteiger partial charge in [0, 0.05) is 0 Å². The SMILES string of the molecule is CCC[C@@H]1OC(=O)[C@H]2[C@H](CC[C@@H]2C)[C@H]1C. The molecular formula is C13H22O2. The number of ether oxygens (including phenoxy) is 1.